The minimum Gasteiger partial charge on any atom is -0.480 e. The molecule has 1 fully saturated rings. The molecule has 0 radical (unpaired) electrons. The molecule has 0 spiro atoms. The molecule has 0 heterocycles. The molecule has 1 unspecified atom stereocenters. The Balaban J connectivity index is 1.95. The Kier molecular flexibility index (Phi) is 4.04. The van der Waals surface area contributed by atoms with Crippen LogP contribution in [-0.2, 0) is 16.1 Å². The van der Waals surface area contributed by atoms with Crippen molar-refractivity contribution < 1.29 is 19.4 Å². The number of carbonyl (C=O) groups excluding carboxylic acids is 1. The number of aliphatic carboxylic acids is 1. The summed E-state index contributed by atoms with van der Waals surface area (Å²) in [4.78, 5) is 24.3. The maximum absolute atomic E-state index is 12.0. The van der Waals surface area contributed by atoms with Crippen LogP contribution in [0.4, 0.5) is 4.79 Å². The lowest BCUT2D eigenvalue weighted by Crippen LogP contribution is -2.44. The maximum atomic E-state index is 12.0. The van der Waals surface area contributed by atoms with Crippen LogP contribution in [0.15, 0.2) is 30.3 Å². The highest BCUT2D eigenvalue weighted by molar-refractivity contribution is 5.80. The first-order valence-corrected chi connectivity index (χ1v) is 6.31. The van der Waals surface area contributed by atoms with Crippen molar-refractivity contribution in [3.63, 3.8) is 0 Å². The van der Waals surface area contributed by atoms with Gasteiger partial charge in [0.1, 0.15) is 12.6 Å². The van der Waals surface area contributed by atoms with Crippen LogP contribution in [0.2, 0.25) is 0 Å². The fourth-order valence-corrected chi connectivity index (χ4v) is 1.89. The molecule has 1 aliphatic carbocycles. The van der Waals surface area contributed by atoms with E-state index in [9.17, 15) is 9.59 Å². The average Bonchev–Trinajstić information content (AvgIpc) is 3.22. The van der Waals surface area contributed by atoms with Gasteiger partial charge < -0.3 is 9.84 Å². The second-order valence-corrected chi connectivity index (χ2v) is 4.69. The summed E-state index contributed by atoms with van der Waals surface area (Å²) < 4.78 is 5.19. The quantitative estimate of drug-likeness (QED) is 0.884. The zero-order valence-electron chi connectivity index (χ0n) is 10.8. The Morgan fingerprint density at radius 2 is 2.00 bits per heavy atom. The first-order valence-electron chi connectivity index (χ1n) is 6.31. The van der Waals surface area contributed by atoms with E-state index < -0.39 is 18.1 Å². The van der Waals surface area contributed by atoms with Crippen LogP contribution >= 0.6 is 0 Å². The minimum absolute atomic E-state index is 0.00868. The maximum Gasteiger partial charge on any atom is 0.411 e. The molecule has 5 heteroatoms. The summed E-state index contributed by atoms with van der Waals surface area (Å²) in [5.41, 5.74) is 0.884. The standard InChI is InChI=1S/C14H17NO4/c1-10(13(16)17)15(12-7-8-12)14(18)19-9-11-5-3-2-4-6-11/h2-6,10,12H,7-9H2,1H3,(H,16,17). The summed E-state index contributed by atoms with van der Waals surface area (Å²) in [6.45, 7) is 1.67. The summed E-state index contributed by atoms with van der Waals surface area (Å²) in [7, 11) is 0. The zero-order chi connectivity index (χ0) is 13.8. The smallest absolute Gasteiger partial charge is 0.411 e. The number of hydrogen-bond donors (Lipinski definition) is 1. The molecule has 1 atom stereocenters. The van der Waals surface area contributed by atoms with E-state index in [-0.39, 0.29) is 12.6 Å². The fraction of sp³-hybridized carbons (Fsp3) is 0.429. The van der Waals surface area contributed by atoms with E-state index in [0.29, 0.717) is 0 Å². The molecule has 0 saturated heterocycles. The SMILES string of the molecule is CC(C(=O)O)N(C(=O)OCc1ccccc1)C1CC1. The van der Waals surface area contributed by atoms with Crippen LogP contribution in [0, 0.1) is 0 Å². The van der Waals surface area contributed by atoms with E-state index >= 15 is 0 Å². The van der Waals surface area contributed by atoms with E-state index in [0.717, 1.165) is 18.4 Å². The van der Waals surface area contributed by atoms with Gasteiger partial charge in [-0.25, -0.2) is 9.59 Å². The summed E-state index contributed by atoms with van der Waals surface area (Å²) in [5, 5.41) is 9.01. The fourth-order valence-electron chi connectivity index (χ4n) is 1.89. The van der Waals surface area contributed by atoms with Crippen LogP contribution in [0.25, 0.3) is 0 Å². The Hall–Kier alpha value is -2.04. The molecule has 0 bridgehead atoms. The summed E-state index contributed by atoms with van der Waals surface area (Å²) in [6.07, 6.45) is 1.14. The number of nitrogens with zero attached hydrogens (tertiary/aromatic N) is 1. The average molecular weight is 263 g/mol. The van der Waals surface area contributed by atoms with Crippen molar-refractivity contribution in [2.75, 3.05) is 0 Å². The van der Waals surface area contributed by atoms with Crippen LogP contribution in [0.3, 0.4) is 0 Å². The van der Waals surface area contributed by atoms with Crippen LogP contribution in [-0.4, -0.2) is 34.2 Å². The van der Waals surface area contributed by atoms with Crippen molar-refractivity contribution >= 4 is 12.1 Å². The predicted octanol–water partition coefficient (Wildman–Crippen LogP) is 2.26. The van der Waals surface area contributed by atoms with E-state index in [1.54, 1.807) is 0 Å². The van der Waals surface area contributed by atoms with Gasteiger partial charge in [-0.3, -0.25) is 4.90 Å². The lowest BCUT2D eigenvalue weighted by molar-refractivity contribution is -0.142. The Morgan fingerprint density at radius 3 is 2.53 bits per heavy atom. The van der Waals surface area contributed by atoms with E-state index in [1.807, 2.05) is 30.3 Å². The van der Waals surface area contributed by atoms with Gasteiger partial charge in [0, 0.05) is 6.04 Å². The highest BCUT2D eigenvalue weighted by atomic mass is 16.6. The summed E-state index contributed by atoms with van der Waals surface area (Å²) in [6, 6.07) is 8.48. The molecule has 1 aromatic rings. The van der Waals surface area contributed by atoms with Crippen molar-refractivity contribution in [1.29, 1.82) is 0 Å². The van der Waals surface area contributed by atoms with E-state index in [1.165, 1.54) is 11.8 Å². The van der Waals surface area contributed by atoms with Gasteiger partial charge in [-0.1, -0.05) is 30.3 Å². The Morgan fingerprint density at radius 1 is 1.37 bits per heavy atom. The van der Waals surface area contributed by atoms with Crippen LogP contribution < -0.4 is 0 Å². The second-order valence-electron chi connectivity index (χ2n) is 4.69. The molecule has 1 aromatic carbocycles. The highest BCUT2D eigenvalue weighted by Gasteiger charge is 2.39. The third-order valence-electron chi connectivity index (χ3n) is 3.13. The van der Waals surface area contributed by atoms with Crippen molar-refractivity contribution in [3.8, 4) is 0 Å². The molecule has 1 N–H and O–H groups in total. The summed E-state index contributed by atoms with van der Waals surface area (Å²) >= 11 is 0. The molecular formula is C14H17NO4. The number of carboxylic acids is 1. The molecule has 0 aliphatic heterocycles. The first-order chi connectivity index (χ1) is 9.09. The number of amides is 1. The largest absolute Gasteiger partial charge is 0.480 e. The second kappa shape index (κ2) is 5.73. The van der Waals surface area contributed by atoms with Gasteiger partial charge >= 0.3 is 12.1 Å². The molecule has 19 heavy (non-hydrogen) atoms. The molecule has 1 aliphatic rings. The Labute approximate surface area is 111 Å². The molecule has 2 rings (SSSR count). The van der Waals surface area contributed by atoms with E-state index in [2.05, 4.69) is 0 Å². The predicted molar refractivity (Wildman–Crippen MR) is 68.6 cm³/mol. The number of benzene rings is 1. The van der Waals surface area contributed by atoms with Crippen LogP contribution in [0.1, 0.15) is 25.3 Å². The number of carbonyl (C=O) groups is 2. The lowest BCUT2D eigenvalue weighted by Gasteiger charge is -2.25. The highest BCUT2D eigenvalue weighted by Crippen LogP contribution is 2.29. The Bertz CT molecular complexity index is 456. The number of rotatable bonds is 5. The van der Waals surface area contributed by atoms with Gasteiger partial charge in [0.15, 0.2) is 0 Å². The molecule has 1 amide bonds. The summed E-state index contributed by atoms with van der Waals surface area (Å²) in [5.74, 6) is -1.01. The third-order valence-corrected chi connectivity index (χ3v) is 3.13. The number of carboxylic acid groups (broad SMARTS) is 1. The minimum atomic E-state index is -1.01. The van der Waals surface area contributed by atoms with Gasteiger partial charge in [0.05, 0.1) is 0 Å². The van der Waals surface area contributed by atoms with Crippen molar-refractivity contribution in [1.82, 2.24) is 4.90 Å². The van der Waals surface area contributed by atoms with Crippen LogP contribution in [0.5, 0.6) is 0 Å². The van der Waals surface area contributed by atoms with Gasteiger partial charge in [0.25, 0.3) is 0 Å². The third kappa shape index (κ3) is 3.47. The number of ether oxygens (including phenoxy) is 1. The van der Waals surface area contributed by atoms with Gasteiger partial charge in [-0.05, 0) is 25.3 Å². The van der Waals surface area contributed by atoms with E-state index in [4.69, 9.17) is 9.84 Å². The zero-order valence-corrected chi connectivity index (χ0v) is 10.8. The van der Waals surface area contributed by atoms with Crippen molar-refractivity contribution in [2.45, 2.75) is 38.5 Å². The first kappa shape index (κ1) is 13.4. The van der Waals surface area contributed by atoms with Crippen molar-refractivity contribution in [2.24, 2.45) is 0 Å². The molecule has 5 nitrogen and oxygen atoms in total. The van der Waals surface area contributed by atoms with Gasteiger partial charge in [-0.2, -0.15) is 0 Å². The normalized spacial score (nSPS) is 15.6. The molecular weight excluding hydrogens is 246 g/mol. The molecule has 0 aromatic heterocycles. The topological polar surface area (TPSA) is 66.8 Å². The van der Waals surface area contributed by atoms with Crippen molar-refractivity contribution in [3.05, 3.63) is 35.9 Å². The number of hydrogen-bond acceptors (Lipinski definition) is 3. The lowest BCUT2D eigenvalue weighted by atomic mass is 10.2. The van der Waals surface area contributed by atoms with Gasteiger partial charge in [0.2, 0.25) is 0 Å². The van der Waals surface area contributed by atoms with Gasteiger partial charge in [-0.15, -0.1) is 0 Å². The molecule has 102 valence electrons. The monoisotopic (exact) mass is 263 g/mol. The molecule has 1 saturated carbocycles.